The zero-order valence-electron chi connectivity index (χ0n) is 12.9. The molecular weight excluding hydrogens is 349 g/mol. The van der Waals surface area contributed by atoms with Gasteiger partial charge in [0.05, 0.1) is 16.6 Å². The minimum absolute atomic E-state index is 0.0619. The highest BCUT2D eigenvalue weighted by Gasteiger charge is 2.42. The first kappa shape index (κ1) is 17.2. The van der Waals surface area contributed by atoms with Crippen LogP contribution in [-0.4, -0.2) is 35.8 Å². The Balaban J connectivity index is 1.87. The Hall–Kier alpha value is -1.59. The smallest absolute Gasteiger partial charge is 0.255 e. The molecule has 0 spiro atoms. The van der Waals surface area contributed by atoms with Crippen LogP contribution < -0.4 is 0 Å². The zero-order valence-corrected chi connectivity index (χ0v) is 14.4. The lowest BCUT2D eigenvalue weighted by Gasteiger charge is -2.28. The third-order valence-electron chi connectivity index (χ3n) is 4.21. The SMILES string of the molecule is O=C(c1ccccc1)N1COC(CCO)(c2ccc(Cl)c(Cl)c2)C1. The first-order valence-electron chi connectivity index (χ1n) is 7.60. The van der Waals surface area contributed by atoms with Crippen molar-refractivity contribution >= 4 is 29.1 Å². The molecule has 2 aromatic carbocycles. The Labute approximate surface area is 150 Å². The number of nitrogens with zero attached hydrogens (tertiary/aromatic N) is 1. The largest absolute Gasteiger partial charge is 0.396 e. The van der Waals surface area contributed by atoms with E-state index in [9.17, 15) is 9.90 Å². The van der Waals surface area contributed by atoms with E-state index in [-0.39, 0.29) is 19.2 Å². The summed E-state index contributed by atoms with van der Waals surface area (Å²) < 4.78 is 5.96. The van der Waals surface area contributed by atoms with Crippen LogP contribution in [0.2, 0.25) is 10.0 Å². The summed E-state index contributed by atoms with van der Waals surface area (Å²) in [6, 6.07) is 14.3. The monoisotopic (exact) mass is 365 g/mol. The van der Waals surface area contributed by atoms with Crippen LogP contribution >= 0.6 is 23.2 Å². The predicted molar refractivity (Wildman–Crippen MR) is 93.3 cm³/mol. The number of ether oxygens (including phenoxy) is 1. The van der Waals surface area contributed by atoms with E-state index >= 15 is 0 Å². The molecular formula is C18H17Cl2NO3. The second-order valence-corrected chi connectivity index (χ2v) is 6.55. The molecule has 6 heteroatoms. The van der Waals surface area contributed by atoms with Gasteiger partial charge in [0.1, 0.15) is 12.3 Å². The van der Waals surface area contributed by atoms with E-state index in [1.54, 1.807) is 29.2 Å². The fraction of sp³-hybridized carbons (Fsp3) is 0.278. The standard InChI is InChI=1S/C18H17Cl2NO3/c19-15-7-6-14(10-16(15)20)18(8-9-22)11-21(12-24-18)17(23)13-4-2-1-3-5-13/h1-7,10,22H,8-9,11-12H2. The molecule has 0 radical (unpaired) electrons. The normalized spacial score (nSPS) is 20.4. The number of hydrogen-bond donors (Lipinski definition) is 1. The molecule has 24 heavy (non-hydrogen) atoms. The molecule has 126 valence electrons. The van der Waals surface area contributed by atoms with Gasteiger partial charge >= 0.3 is 0 Å². The molecule has 0 bridgehead atoms. The molecule has 1 aliphatic heterocycles. The maximum atomic E-state index is 12.6. The molecule has 0 aromatic heterocycles. The summed E-state index contributed by atoms with van der Waals surface area (Å²) in [7, 11) is 0. The van der Waals surface area contributed by atoms with Crippen molar-refractivity contribution in [3.05, 3.63) is 69.7 Å². The van der Waals surface area contributed by atoms with Crippen LogP contribution in [0.4, 0.5) is 0 Å². The summed E-state index contributed by atoms with van der Waals surface area (Å²) in [4.78, 5) is 14.3. The number of carbonyl (C=O) groups excluding carboxylic acids is 1. The highest BCUT2D eigenvalue weighted by atomic mass is 35.5. The number of aliphatic hydroxyl groups excluding tert-OH is 1. The third-order valence-corrected chi connectivity index (χ3v) is 4.95. The Morgan fingerprint density at radius 1 is 1.17 bits per heavy atom. The fourth-order valence-electron chi connectivity index (χ4n) is 2.93. The number of aliphatic hydroxyl groups is 1. The molecule has 2 aromatic rings. The van der Waals surface area contributed by atoms with Gasteiger partial charge in [0.2, 0.25) is 0 Å². The van der Waals surface area contributed by atoms with Crippen molar-refractivity contribution < 1.29 is 14.6 Å². The zero-order chi connectivity index (χ0) is 17.2. The lowest BCUT2D eigenvalue weighted by molar-refractivity contribution is -0.0152. The van der Waals surface area contributed by atoms with Gasteiger partial charge < -0.3 is 14.7 Å². The van der Waals surface area contributed by atoms with Crippen molar-refractivity contribution in [3.8, 4) is 0 Å². The van der Waals surface area contributed by atoms with Crippen LogP contribution in [0, 0.1) is 0 Å². The van der Waals surface area contributed by atoms with Crippen molar-refractivity contribution in [2.75, 3.05) is 19.9 Å². The van der Waals surface area contributed by atoms with E-state index in [0.717, 1.165) is 5.56 Å². The summed E-state index contributed by atoms with van der Waals surface area (Å²) in [5, 5.41) is 10.3. The van der Waals surface area contributed by atoms with Gasteiger partial charge in [-0.2, -0.15) is 0 Å². The number of benzene rings is 2. The lowest BCUT2D eigenvalue weighted by atomic mass is 9.90. The molecule has 4 nitrogen and oxygen atoms in total. The second kappa shape index (κ2) is 7.11. The van der Waals surface area contributed by atoms with Gasteiger partial charge in [0.25, 0.3) is 5.91 Å². The van der Waals surface area contributed by atoms with Gasteiger partial charge in [-0.05, 0) is 29.8 Å². The highest BCUT2D eigenvalue weighted by molar-refractivity contribution is 6.42. The molecule has 1 atom stereocenters. The average Bonchev–Trinajstić information content (AvgIpc) is 3.03. The highest BCUT2D eigenvalue weighted by Crippen LogP contribution is 2.38. The minimum atomic E-state index is -0.784. The quantitative estimate of drug-likeness (QED) is 0.898. The number of carbonyl (C=O) groups is 1. The summed E-state index contributed by atoms with van der Waals surface area (Å²) in [5.41, 5.74) is 0.622. The van der Waals surface area contributed by atoms with Crippen LogP contribution in [0.3, 0.4) is 0 Å². The van der Waals surface area contributed by atoms with E-state index in [2.05, 4.69) is 0 Å². The molecule has 0 saturated carbocycles. The van der Waals surface area contributed by atoms with Crippen molar-refractivity contribution in [1.82, 2.24) is 4.90 Å². The van der Waals surface area contributed by atoms with E-state index < -0.39 is 5.60 Å². The molecule has 1 saturated heterocycles. The van der Waals surface area contributed by atoms with Gasteiger partial charge in [0.15, 0.2) is 0 Å². The van der Waals surface area contributed by atoms with E-state index in [0.29, 0.717) is 28.6 Å². The van der Waals surface area contributed by atoms with Crippen LogP contribution in [-0.2, 0) is 10.3 Å². The number of hydrogen-bond acceptors (Lipinski definition) is 3. The molecule has 1 unspecified atom stereocenters. The fourth-order valence-corrected chi connectivity index (χ4v) is 3.22. The van der Waals surface area contributed by atoms with Crippen molar-refractivity contribution in [3.63, 3.8) is 0 Å². The molecule has 3 rings (SSSR count). The van der Waals surface area contributed by atoms with E-state index in [1.165, 1.54) is 0 Å². The van der Waals surface area contributed by atoms with Gasteiger partial charge in [-0.25, -0.2) is 0 Å². The Kier molecular flexibility index (Phi) is 5.11. The first-order chi connectivity index (χ1) is 11.6. The topological polar surface area (TPSA) is 49.8 Å². The molecule has 1 aliphatic rings. The molecule has 1 N–H and O–H groups in total. The van der Waals surface area contributed by atoms with Gasteiger partial charge in [0, 0.05) is 18.6 Å². The summed E-state index contributed by atoms with van der Waals surface area (Å²) in [5.74, 6) is -0.101. The summed E-state index contributed by atoms with van der Waals surface area (Å²) in [6.45, 7) is 0.445. The van der Waals surface area contributed by atoms with E-state index in [1.807, 2.05) is 24.3 Å². The number of rotatable bonds is 4. The van der Waals surface area contributed by atoms with Crippen LogP contribution in [0.5, 0.6) is 0 Å². The number of amides is 1. The molecule has 1 amide bonds. The summed E-state index contributed by atoms with van der Waals surface area (Å²) >= 11 is 12.1. The Bertz CT molecular complexity index is 738. The maximum absolute atomic E-state index is 12.6. The second-order valence-electron chi connectivity index (χ2n) is 5.74. The maximum Gasteiger partial charge on any atom is 0.255 e. The lowest BCUT2D eigenvalue weighted by Crippen LogP contribution is -2.35. The van der Waals surface area contributed by atoms with Crippen molar-refractivity contribution in [1.29, 1.82) is 0 Å². The van der Waals surface area contributed by atoms with Crippen LogP contribution in [0.1, 0.15) is 22.3 Å². The van der Waals surface area contributed by atoms with E-state index in [4.69, 9.17) is 27.9 Å². The van der Waals surface area contributed by atoms with Crippen molar-refractivity contribution in [2.24, 2.45) is 0 Å². The molecule has 1 fully saturated rings. The van der Waals surface area contributed by atoms with Crippen LogP contribution in [0.15, 0.2) is 48.5 Å². The number of halogens is 2. The minimum Gasteiger partial charge on any atom is -0.396 e. The molecule has 0 aliphatic carbocycles. The van der Waals surface area contributed by atoms with Crippen LogP contribution in [0.25, 0.3) is 0 Å². The summed E-state index contributed by atoms with van der Waals surface area (Å²) in [6.07, 6.45) is 0.365. The first-order valence-corrected chi connectivity index (χ1v) is 8.36. The third kappa shape index (κ3) is 3.28. The molecule has 1 heterocycles. The Morgan fingerprint density at radius 3 is 2.58 bits per heavy atom. The predicted octanol–water partition coefficient (Wildman–Crippen LogP) is 3.70. The van der Waals surface area contributed by atoms with Gasteiger partial charge in [-0.15, -0.1) is 0 Å². The van der Waals surface area contributed by atoms with Gasteiger partial charge in [-0.1, -0.05) is 47.5 Å². The van der Waals surface area contributed by atoms with Gasteiger partial charge in [-0.3, -0.25) is 4.79 Å². The Morgan fingerprint density at radius 2 is 1.92 bits per heavy atom. The average molecular weight is 366 g/mol. The van der Waals surface area contributed by atoms with Crippen molar-refractivity contribution in [2.45, 2.75) is 12.0 Å².